The lowest BCUT2D eigenvalue weighted by Gasteiger charge is -2.36. The van der Waals surface area contributed by atoms with E-state index in [1.54, 1.807) is 0 Å². The fourth-order valence-electron chi connectivity index (χ4n) is 4.24. The highest BCUT2D eigenvalue weighted by molar-refractivity contribution is 5.10. The molecule has 0 bridgehead atoms. The molecule has 0 amide bonds. The van der Waals surface area contributed by atoms with Crippen LogP contribution < -0.4 is 0 Å². The van der Waals surface area contributed by atoms with Crippen LogP contribution in [0.5, 0.6) is 0 Å². The highest BCUT2D eigenvalue weighted by atomic mass is 16.3. The van der Waals surface area contributed by atoms with Crippen molar-refractivity contribution < 1.29 is 5.11 Å². The summed E-state index contributed by atoms with van der Waals surface area (Å²) in [5, 5.41) is 9.48. The molecule has 2 fully saturated rings. The normalized spacial score (nSPS) is 44.2. The minimum Gasteiger partial charge on any atom is -0.393 e. The van der Waals surface area contributed by atoms with Crippen molar-refractivity contribution in [2.24, 2.45) is 29.1 Å². The molecule has 94 valence electrons. The Morgan fingerprint density at radius 3 is 2.50 bits per heavy atom. The third kappa shape index (κ3) is 2.03. The first kappa shape index (κ1) is 12.4. The lowest BCUT2D eigenvalue weighted by molar-refractivity contribution is 0.111. The Kier molecular flexibility index (Phi) is 3.36. The molecule has 0 aromatic carbocycles. The molecule has 0 radical (unpaired) electrons. The van der Waals surface area contributed by atoms with Crippen LogP contribution >= 0.6 is 0 Å². The maximum Gasteiger partial charge on any atom is 0.0512 e. The van der Waals surface area contributed by atoms with Gasteiger partial charge in [-0.25, -0.2) is 0 Å². The molecule has 2 saturated carbocycles. The number of hydrogen-bond donors (Lipinski definition) is 1. The summed E-state index contributed by atoms with van der Waals surface area (Å²) in [6.07, 6.45) is 6.47. The molecule has 1 N–H and O–H groups in total. The van der Waals surface area contributed by atoms with E-state index < -0.39 is 0 Å². The highest BCUT2D eigenvalue weighted by Crippen LogP contribution is 2.69. The molecule has 2 aliphatic rings. The molecule has 16 heavy (non-hydrogen) atoms. The number of hydrogen-bond acceptors (Lipinski definition) is 1. The molecule has 0 saturated heterocycles. The van der Waals surface area contributed by atoms with Crippen molar-refractivity contribution in [3.05, 3.63) is 0 Å². The van der Waals surface area contributed by atoms with Crippen molar-refractivity contribution in [3.8, 4) is 0 Å². The van der Waals surface area contributed by atoms with Crippen molar-refractivity contribution in [3.63, 3.8) is 0 Å². The third-order valence-corrected chi connectivity index (χ3v) is 5.49. The Bertz CT molecular complexity index is 246. The Morgan fingerprint density at radius 2 is 1.94 bits per heavy atom. The van der Waals surface area contributed by atoms with E-state index in [-0.39, 0.29) is 6.10 Å². The van der Waals surface area contributed by atoms with Crippen LogP contribution in [0.2, 0.25) is 0 Å². The standard InChI is InChI=1S/C15H28O/c1-10(2)13-6-5-11(3)15(9-14(13)15)8-7-12(4)16/h10-14,16H,5-9H2,1-4H3/t11-,12+,13+,14+,15?/m1/s1. The number of aliphatic hydroxyl groups is 1. The van der Waals surface area contributed by atoms with Gasteiger partial charge < -0.3 is 5.11 Å². The predicted octanol–water partition coefficient (Wildman–Crippen LogP) is 3.86. The van der Waals surface area contributed by atoms with E-state index in [1.807, 2.05) is 6.92 Å². The predicted molar refractivity (Wildman–Crippen MR) is 68.2 cm³/mol. The van der Waals surface area contributed by atoms with Gasteiger partial charge in [-0.1, -0.05) is 20.8 Å². The maximum absolute atomic E-state index is 9.48. The minimum atomic E-state index is -0.109. The van der Waals surface area contributed by atoms with E-state index in [4.69, 9.17) is 0 Å². The van der Waals surface area contributed by atoms with Crippen LogP contribution in [0.1, 0.15) is 59.8 Å². The van der Waals surface area contributed by atoms with Gasteiger partial charge >= 0.3 is 0 Å². The van der Waals surface area contributed by atoms with Crippen molar-refractivity contribution in [1.82, 2.24) is 0 Å². The molecule has 5 atom stereocenters. The zero-order valence-electron chi connectivity index (χ0n) is 11.4. The second-order valence-corrected chi connectivity index (χ2v) is 6.82. The van der Waals surface area contributed by atoms with E-state index in [0.717, 1.165) is 30.1 Å². The number of rotatable bonds is 4. The van der Waals surface area contributed by atoms with Crippen molar-refractivity contribution in [2.75, 3.05) is 0 Å². The van der Waals surface area contributed by atoms with Gasteiger partial charge in [-0.3, -0.25) is 0 Å². The number of fused-ring (bicyclic) bond motifs is 1. The van der Waals surface area contributed by atoms with Gasteiger partial charge in [0.05, 0.1) is 6.10 Å². The Morgan fingerprint density at radius 1 is 1.25 bits per heavy atom. The van der Waals surface area contributed by atoms with Crippen molar-refractivity contribution >= 4 is 0 Å². The highest BCUT2D eigenvalue weighted by Gasteiger charge is 2.61. The maximum atomic E-state index is 9.48. The Hall–Kier alpha value is -0.0400. The summed E-state index contributed by atoms with van der Waals surface area (Å²) >= 11 is 0. The second-order valence-electron chi connectivity index (χ2n) is 6.82. The van der Waals surface area contributed by atoms with E-state index in [2.05, 4.69) is 20.8 Å². The Balaban J connectivity index is 1.99. The van der Waals surface area contributed by atoms with Crippen LogP contribution in [0.15, 0.2) is 0 Å². The van der Waals surface area contributed by atoms with Gasteiger partial charge in [0.25, 0.3) is 0 Å². The molecule has 0 aromatic heterocycles. The minimum absolute atomic E-state index is 0.109. The zero-order valence-corrected chi connectivity index (χ0v) is 11.4. The summed E-state index contributed by atoms with van der Waals surface area (Å²) in [6, 6.07) is 0. The van der Waals surface area contributed by atoms with Crippen LogP contribution in [0.25, 0.3) is 0 Å². The molecule has 0 heterocycles. The van der Waals surface area contributed by atoms with Crippen molar-refractivity contribution in [1.29, 1.82) is 0 Å². The Labute approximate surface area is 101 Å². The summed E-state index contributed by atoms with van der Waals surface area (Å²) < 4.78 is 0. The fraction of sp³-hybridized carbons (Fsp3) is 1.00. The smallest absolute Gasteiger partial charge is 0.0512 e. The van der Waals surface area contributed by atoms with Gasteiger partial charge in [-0.15, -0.1) is 0 Å². The van der Waals surface area contributed by atoms with E-state index in [9.17, 15) is 5.11 Å². The van der Waals surface area contributed by atoms with Crippen LogP contribution in [0.4, 0.5) is 0 Å². The van der Waals surface area contributed by atoms with Gasteiger partial charge in [-0.2, -0.15) is 0 Å². The summed E-state index contributed by atoms with van der Waals surface area (Å²) in [5.74, 6) is 3.69. The average molecular weight is 224 g/mol. The van der Waals surface area contributed by atoms with Gasteiger partial charge in [0, 0.05) is 0 Å². The summed E-state index contributed by atoms with van der Waals surface area (Å²) in [6.45, 7) is 9.15. The van der Waals surface area contributed by atoms with E-state index in [1.165, 1.54) is 25.7 Å². The largest absolute Gasteiger partial charge is 0.393 e. The SMILES string of the molecule is CC(C)[C@@H]1CC[C@@H](C)C2(CC[C@H](C)O)C[C@@H]12. The molecule has 0 aliphatic heterocycles. The fourth-order valence-corrected chi connectivity index (χ4v) is 4.24. The quantitative estimate of drug-likeness (QED) is 0.769. The first-order valence-corrected chi connectivity index (χ1v) is 7.15. The van der Waals surface area contributed by atoms with Crippen LogP contribution in [-0.2, 0) is 0 Å². The molecular weight excluding hydrogens is 196 g/mol. The molecule has 0 spiro atoms. The number of aliphatic hydroxyl groups excluding tert-OH is 1. The molecule has 2 rings (SSSR count). The molecule has 1 heteroatoms. The van der Waals surface area contributed by atoms with Crippen LogP contribution in [0.3, 0.4) is 0 Å². The second kappa shape index (κ2) is 4.33. The first-order valence-electron chi connectivity index (χ1n) is 7.15. The summed E-state index contributed by atoms with van der Waals surface area (Å²) in [4.78, 5) is 0. The summed E-state index contributed by atoms with van der Waals surface area (Å²) in [7, 11) is 0. The summed E-state index contributed by atoms with van der Waals surface area (Å²) in [5.41, 5.74) is 0.629. The van der Waals surface area contributed by atoms with Gasteiger partial charge in [-0.05, 0) is 68.1 Å². The van der Waals surface area contributed by atoms with E-state index in [0.29, 0.717) is 5.41 Å². The average Bonchev–Trinajstić information content (AvgIpc) is 2.91. The lowest BCUT2D eigenvalue weighted by Crippen LogP contribution is -2.28. The lowest BCUT2D eigenvalue weighted by atomic mass is 9.69. The molecular formula is C15H28O. The topological polar surface area (TPSA) is 20.2 Å². The van der Waals surface area contributed by atoms with Gasteiger partial charge in [0.15, 0.2) is 0 Å². The van der Waals surface area contributed by atoms with Gasteiger partial charge in [0.1, 0.15) is 0 Å². The van der Waals surface area contributed by atoms with Crippen LogP contribution in [0, 0.1) is 29.1 Å². The first-order chi connectivity index (χ1) is 7.47. The molecule has 0 aromatic rings. The molecule has 1 nitrogen and oxygen atoms in total. The zero-order chi connectivity index (χ0) is 11.9. The van der Waals surface area contributed by atoms with Gasteiger partial charge in [0.2, 0.25) is 0 Å². The van der Waals surface area contributed by atoms with E-state index >= 15 is 0 Å². The molecule has 2 aliphatic carbocycles. The molecule has 1 unspecified atom stereocenters. The monoisotopic (exact) mass is 224 g/mol. The van der Waals surface area contributed by atoms with Crippen LogP contribution in [-0.4, -0.2) is 11.2 Å². The third-order valence-electron chi connectivity index (χ3n) is 5.49. The van der Waals surface area contributed by atoms with Crippen molar-refractivity contribution in [2.45, 2.75) is 65.9 Å².